The first kappa shape index (κ1) is 13.9. The molecule has 2 heterocycles. The Kier molecular flexibility index (Phi) is 3.96. The maximum atomic E-state index is 6.09. The molecule has 2 unspecified atom stereocenters. The second kappa shape index (κ2) is 5.72. The third kappa shape index (κ3) is 2.55. The van der Waals surface area contributed by atoms with Gasteiger partial charge in [-0.15, -0.1) is 0 Å². The van der Waals surface area contributed by atoms with Gasteiger partial charge in [-0.2, -0.15) is 15.0 Å². The van der Waals surface area contributed by atoms with Crippen molar-refractivity contribution in [1.29, 1.82) is 0 Å². The molecule has 2 aliphatic rings. The van der Waals surface area contributed by atoms with Crippen LogP contribution >= 0.6 is 11.6 Å². The van der Waals surface area contributed by atoms with Crippen LogP contribution in [0.5, 0.6) is 0 Å². The van der Waals surface area contributed by atoms with Crippen LogP contribution < -0.4 is 9.80 Å². The molecule has 0 amide bonds. The van der Waals surface area contributed by atoms with Gasteiger partial charge in [-0.3, -0.25) is 0 Å². The first-order valence-corrected chi connectivity index (χ1v) is 8.00. The zero-order valence-corrected chi connectivity index (χ0v) is 13.0. The summed E-state index contributed by atoms with van der Waals surface area (Å²) in [6.07, 6.45) is 4.08. The van der Waals surface area contributed by atoms with E-state index in [-0.39, 0.29) is 0 Å². The van der Waals surface area contributed by atoms with Crippen LogP contribution in [0.15, 0.2) is 0 Å². The van der Waals surface area contributed by atoms with E-state index in [1.807, 2.05) is 0 Å². The molecule has 5 nitrogen and oxygen atoms in total. The van der Waals surface area contributed by atoms with Crippen molar-refractivity contribution in [2.45, 2.75) is 33.1 Å². The Bertz CT molecular complexity index is 465. The van der Waals surface area contributed by atoms with Gasteiger partial charge in [-0.25, -0.2) is 0 Å². The first-order chi connectivity index (χ1) is 9.71. The molecule has 3 rings (SSSR count). The largest absolute Gasteiger partial charge is 0.341 e. The average molecular weight is 296 g/mol. The Morgan fingerprint density at radius 1 is 1.10 bits per heavy atom. The molecule has 1 aliphatic carbocycles. The third-order valence-corrected chi connectivity index (χ3v) is 4.81. The summed E-state index contributed by atoms with van der Waals surface area (Å²) in [4.78, 5) is 17.6. The molecule has 2 atom stereocenters. The number of fused-ring (bicyclic) bond motifs is 1. The van der Waals surface area contributed by atoms with E-state index in [1.54, 1.807) is 0 Å². The van der Waals surface area contributed by atoms with Crippen LogP contribution in [0.25, 0.3) is 0 Å². The van der Waals surface area contributed by atoms with E-state index in [2.05, 4.69) is 38.6 Å². The van der Waals surface area contributed by atoms with Gasteiger partial charge in [0.1, 0.15) is 0 Å². The maximum absolute atomic E-state index is 6.09. The van der Waals surface area contributed by atoms with Crippen molar-refractivity contribution in [2.75, 3.05) is 36.0 Å². The fourth-order valence-corrected chi connectivity index (χ4v) is 3.67. The maximum Gasteiger partial charge on any atom is 0.231 e. The zero-order chi connectivity index (χ0) is 14.1. The van der Waals surface area contributed by atoms with Crippen molar-refractivity contribution in [3.63, 3.8) is 0 Å². The molecule has 1 saturated heterocycles. The minimum atomic E-state index is 0.300. The van der Waals surface area contributed by atoms with E-state index < -0.39 is 0 Å². The Balaban J connectivity index is 1.83. The molecule has 1 saturated carbocycles. The van der Waals surface area contributed by atoms with Crippen LogP contribution in [0, 0.1) is 11.8 Å². The molecular weight excluding hydrogens is 274 g/mol. The molecule has 20 heavy (non-hydrogen) atoms. The molecule has 2 fully saturated rings. The summed E-state index contributed by atoms with van der Waals surface area (Å²) in [5.74, 6) is 3.09. The Labute approximate surface area is 125 Å². The highest BCUT2D eigenvalue weighted by molar-refractivity contribution is 6.28. The van der Waals surface area contributed by atoms with E-state index in [1.165, 1.54) is 19.3 Å². The molecule has 1 aliphatic heterocycles. The monoisotopic (exact) mass is 295 g/mol. The van der Waals surface area contributed by atoms with Gasteiger partial charge in [0.25, 0.3) is 0 Å². The third-order valence-electron chi connectivity index (χ3n) is 4.64. The summed E-state index contributed by atoms with van der Waals surface area (Å²) in [5, 5.41) is 0.300. The number of rotatable bonds is 4. The van der Waals surface area contributed by atoms with E-state index >= 15 is 0 Å². The molecule has 0 N–H and O–H groups in total. The number of hydrogen-bond donors (Lipinski definition) is 0. The fraction of sp³-hybridized carbons (Fsp3) is 0.786. The van der Waals surface area contributed by atoms with Gasteiger partial charge in [0.05, 0.1) is 0 Å². The highest BCUT2D eigenvalue weighted by Gasteiger charge is 2.37. The first-order valence-electron chi connectivity index (χ1n) is 7.62. The second-order valence-corrected chi connectivity index (χ2v) is 6.07. The SMILES string of the molecule is CCN(CC)c1nc(Cl)nc(N2CC3CCCC3C2)n1. The van der Waals surface area contributed by atoms with Crippen molar-refractivity contribution in [3.05, 3.63) is 5.28 Å². The molecule has 6 heteroatoms. The van der Waals surface area contributed by atoms with Crippen molar-refractivity contribution in [3.8, 4) is 0 Å². The number of aromatic nitrogens is 3. The molecular formula is C14H22ClN5. The van der Waals surface area contributed by atoms with Crippen LogP contribution in [-0.2, 0) is 0 Å². The molecule has 0 bridgehead atoms. The summed E-state index contributed by atoms with van der Waals surface area (Å²) >= 11 is 6.09. The number of anilines is 2. The van der Waals surface area contributed by atoms with Crippen molar-refractivity contribution < 1.29 is 0 Å². The van der Waals surface area contributed by atoms with E-state index in [0.717, 1.165) is 44.0 Å². The number of hydrogen-bond acceptors (Lipinski definition) is 5. The van der Waals surface area contributed by atoms with Crippen molar-refractivity contribution in [1.82, 2.24) is 15.0 Å². The zero-order valence-electron chi connectivity index (χ0n) is 12.2. The highest BCUT2D eigenvalue weighted by atomic mass is 35.5. The fourth-order valence-electron chi connectivity index (χ4n) is 3.52. The van der Waals surface area contributed by atoms with Gasteiger partial charge >= 0.3 is 0 Å². The second-order valence-electron chi connectivity index (χ2n) is 5.73. The number of nitrogens with zero attached hydrogens (tertiary/aromatic N) is 5. The summed E-state index contributed by atoms with van der Waals surface area (Å²) in [7, 11) is 0. The van der Waals surface area contributed by atoms with Gasteiger partial charge < -0.3 is 9.80 Å². The lowest BCUT2D eigenvalue weighted by Gasteiger charge is -2.22. The quantitative estimate of drug-likeness (QED) is 0.854. The predicted molar refractivity (Wildman–Crippen MR) is 81.4 cm³/mol. The number of halogens is 1. The Hall–Kier alpha value is -1.10. The lowest BCUT2D eigenvalue weighted by Crippen LogP contribution is -2.28. The van der Waals surface area contributed by atoms with Gasteiger partial charge in [0.15, 0.2) is 0 Å². The summed E-state index contributed by atoms with van der Waals surface area (Å²) < 4.78 is 0. The van der Waals surface area contributed by atoms with Gasteiger partial charge in [0.2, 0.25) is 17.2 Å². The Morgan fingerprint density at radius 3 is 2.35 bits per heavy atom. The van der Waals surface area contributed by atoms with E-state index in [4.69, 9.17) is 11.6 Å². The van der Waals surface area contributed by atoms with Crippen molar-refractivity contribution in [2.24, 2.45) is 11.8 Å². The van der Waals surface area contributed by atoms with Crippen LogP contribution in [0.2, 0.25) is 5.28 Å². The summed E-state index contributed by atoms with van der Waals surface area (Å²) in [6, 6.07) is 0. The summed E-state index contributed by atoms with van der Waals surface area (Å²) in [5.41, 5.74) is 0. The van der Waals surface area contributed by atoms with E-state index in [0.29, 0.717) is 11.2 Å². The predicted octanol–water partition coefficient (Wildman–Crippen LogP) is 2.61. The molecule has 1 aromatic heterocycles. The highest BCUT2D eigenvalue weighted by Crippen LogP contribution is 2.38. The van der Waals surface area contributed by atoms with Gasteiger partial charge in [-0.1, -0.05) is 6.42 Å². The van der Waals surface area contributed by atoms with Crippen LogP contribution in [-0.4, -0.2) is 41.1 Å². The van der Waals surface area contributed by atoms with Crippen LogP contribution in [0.3, 0.4) is 0 Å². The van der Waals surface area contributed by atoms with Crippen molar-refractivity contribution >= 4 is 23.5 Å². The smallest absolute Gasteiger partial charge is 0.231 e. The molecule has 0 spiro atoms. The lowest BCUT2D eigenvalue weighted by atomic mass is 10.0. The minimum absolute atomic E-state index is 0.300. The normalized spacial score (nSPS) is 25.1. The van der Waals surface area contributed by atoms with E-state index in [9.17, 15) is 0 Å². The molecule has 1 aromatic rings. The van der Waals surface area contributed by atoms with Crippen LogP contribution in [0.4, 0.5) is 11.9 Å². The lowest BCUT2D eigenvalue weighted by molar-refractivity contribution is 0.494. The van der Waals surface area contributed by atoms with Crippen LogP contribution in [0.1, 0.15) is 33.1 Å². The topological polar surface area (TPSA) is 45.2 Å². The van der Waals surface area contributed by atoms with Gasteiger partial charge in [0, 0.05) is 26.2 Å². The molecule has 0 radical (unpaired) electrons. The molecule has 0 aromatic carbocycles. The minimum Gasteiger partial charge on any atom is -0.341 e. The summed E-state index contributed by atoms with van der Waals surface area (Å²) in [6.45, 7) is 8.09. The average Bonchev–Trinajstić information content (AvgIpc) is 3.00. The molecule has 110 valence electrons. The standard InChI is InChI=1S/C14H22ClN5/c1-3-19(4-2)13-16-12(15)17-14(18-13)20-8-10-6-5-7-11(10)9-20/h10-11H,3-9H2,1-2H3. The van der Waals surface area contributed by atoms with Gasteiger partial charge in [-0.05, 0) is 50.1 Å². The Morgan fingerprint density at radius 2 is 1.75 bits per heavy atom.